The number of aromatic carboxylic acids is 1. The Morgan fingerprint density at radius 1 is 1.75 bits per heavy atom. The molecule has 1 rings (SSSR count). The number of hydrogen-bond acceptors (Lipinski definition) is 3. The molecular formula is C7H7BrN2O2. The van der Waals surface area contributed by atoms with Crippen LogP contribution in [0.3, 0.4) is 0 Å². The van der Waals surface area contributed by atoms with Crippen LogP contribution >= 0.6 is 15.9 Å². The highest BCUT2D eigenvalue weighted by Crippen LogP contribution is 2.19. The zero-order chi connectivity index (χ0) is 9.30. The van der Waals surface area contributed by atoms with Gasteiger partial charge in [0.15, 0.2) is 0 Å². The maximum absolute atomic E-state index is 10.5. The fraction of sp³-hybridized carbons (Fsp3) is 0.143. The van der Waals surface area contributed by atoms with Gasteiger partial charge in [-0.15, -0.1) is 0 Å². The molecule has 0 unspecified atom stereocenters. The minimum absolute atomic E-state index is 0.0208. The van der Waals surface area contributed by atoms with E-state index >= 15 is 0 Å². The van der Waals surface area contributed by atoms with Gasteiger partial charge in [-0.1, -0.05) is 0 Å². The predicted octanol–water partition coefficient (Wildman–Crippen LogP) is 1.43. The number of carboxylic acid groups (broad SMARTS) is 1. The maximum atomic E-state index is 10.5. The molecule has 4 nitrogen and oxygen atoms in total. The van der Waals surface area contributed by atoms with Gasteiger partial charge in [0.1, 0.15) is 11.4 Å². The average Bonchev–Trinajstić information content (AvgIpc) is 1.96. The number of aromatic nitrogens is 1. The van der Waals surface area contributed by atoms with E-state index in [4.69, 9.17) is 10.8 Å². The second-order valence-electron chi connectivity index (χ2n) is 2.29. The molecule has 1 aromatic rings. The summed E-state index contributed by atoms with van der Waals surface area (Å²) >= 11 is 3.17. The van der Waals surface area contributed by atoms with Crippen molar-refractivity contribution < 1.29 is 9.90 Å². The van der Waals surface area contributed by atoms with Crippen molar-refractivity contribution in [1.29, 1.82) is 0 Å². The molecule has 5 heteroatoms. The van der Waals surface area contributed by atoms with E-state index in [1.165, 1.54) is 6.07 Å². The quantitative estimate of drug-likeness (QED) is 0.766. The van der Waals surface area contributed by atoms with E-state index in [2.05, 4.69) is 20.9 Å². The molecule has 0 saturated heterocycles. The van der Waals surface area contributed by atoms with Crippen LogP contribution in [0.2, 0.25) is 0 Å². The third kappa shape index (κ3) is 1.55. The highest BCUT2D eigenvalue weighted by molar-refractivity contribution is 9.10. The molecule has 1 heterocycles. The number of aryl methyl sites for hydroxylation is 1. The van der Waals surface area contributed by atoms with Crippen molar-refractivity contribution in [3.8, 4) is 0 Å². The molecule has 64 valence electrons. The van der Waals surface area contributed by atoms with Gasteiger partial charge in [0, 0.05) is 4.47 Å². The van der Waals surface area contributed by atoms with Crippen LogP contribution in [0, 0.1) is 6.92 Å². The Labute approximate surface area is 77.5 Å². The molecule has 0 aliphatic carbocycles. The number of nitrogens with two attached hydrogens (primary N) is 1. The first-order valence-electron chi connectivity index (χ1n) is 3.18. The van der Waals surface area contributed by atoms with Crippen molar-refractivity contribution in [3.63, 3.8) is 0 Å². The largest absolute Gasteiger partial charge is 0.478 e. The van der Waals surface area contributed by atoms with Crippen LogP contribution < -0.4 is 5.73 Å². The van der Waals surface area contributed by atoms with Crippen molar-refractivity contribution in [1.82, 2.24) is 4.98 Å². The van der Waals surface area contributed by atoms with Crippen LogP contribution in [0.4, 0.5) is 5.82 Å². The van der Waals surface area contributed by atoms with Gasteiger partial charge in [0.2, 0.25) is 0 Å². The monoisotopic (exact) mass is 230 g/mol. The van der Waals surface area contributed by atoms with Crippen LogP contribution in [-0.4, -0.2) is 16.1 Å². The summed E-state index contributed by atoms with van der Waals surface area (Å²) in [7, 11) is 0. The van der Waals surface area contributed by atoms with Gasteiger partial charge in [0.25, 0.3) is 0 Å². The fourth-order valence-corrected chi connectivity index (χ4v) is 1.09. The van der Waals surface area contributed by atoms with Gasteiger partial charge >= 0.3 is 5.97 Å². The number of halogens is 1. The molecule has 0 bridgehead atoms. The lowest BCUT2D eigenvalue weighted by molar-refractivity contribution is 0.0697. The minimum atomic E-state index is -1.07. The number of nitrogens with zero attached hydrogens (tertiary/aromatic N) is 1. The molecule has 0 radical (unpaired) electrons. The van der Waals surface area contributed by atoms with Crippen LogP contribution in [0.25, 0.3) is 0 Å². The summed E-state index contributed by atoms with van der Waals surface area (Å²) < 4.78 is 0.647. The van der Waals surface area contributed by atoms with E-state index in [1.807, 2.05) is 0 Å². The van der Waals surface area contributed by atoms with Crippen molar-refractivity contribution in [2.24, 2.45) is 0 Å². The summed E-state index contributed by atoms with van der Waals surface area (Å²) in [5, 5.41) is 8.64. The molecular weight excluding hydrogens is 224 g/mol. The molecule has 0 saturated carbocycles. The third-order valence-electron chi connectivity index (χ3n) is 1.41. The zero-order valence-corrected chi connectivity index (χ0v) is 7.92. The van der Waals surface area contributed by atoms with Crippen LogP contribution in [0.1, 0.15) is 16.1 Å². The lowest BCUT2D eigenvalue weighted by Gasteiger charge is -2.02. The summed E-state index contributed by atoms with van der Waals surface area (Å²) in [5.41, 5.74) is 6.08. The zero-order valence-electron chi connectivity index (χ0n) is 6.34. The van der Waals surface area contributed by atoms with E-state index < -0.39 is 5.97 Å². The van der Waals surface area contributed by atoms with Gasteiger partial charge < -0.3 is 10.8 Å². The Morgan fingerprint density at radius 2 is 2.33 bits per heavy atom. The summed E-state index contributed by atoms with van der Waals surface area (Å²) in [6, 6.07) is 1.44. The first-order chi connectivity index (χ1) is 5.52. The van der Waals surface area contributed by atoms with Crippen molar-refractivity contribution in [2.75, 3.05) is 5.73 Å². The first kappa shape index (κ1) is 8.99. The summed E-state index contributed by atoms with van der Waals surface area (Å²) in [6.07, 6.45) is 0. The standard InChI is InChI=1S/C7H7BrN2O2/c1-3-5(8)2-4(7(11)12)6(9)10-3/h2H,1H3,(H2,9,10)(H,11,12). The predicted molar refractivity (Wildman–Crippen MR) is 48.0 cm³/mol. The molecule has 0 aliphatic heterocycles. The Balaban J connectivity index is 3.33. The van der Waals surface area contributed by atoms with Gasteiger partial charge in [0.05, 0.1) is 5.69 Å². The fourth-order valence-electron chi connectivity index (χ4n) is 0.771. The molecule has 0 amide bonds. The Morgan fingerprint density at radius 3 is 2.83 bits per heavy atom. The van der Waals surface area contributed by atoms with Crippen LogP contribution in [0.5, 0.6) is 0 Å². The summed E-state index contributed by atoms with van der Waals surface area (Å²) in [6.45, 7) is 1.74. The Kier molecular flexibility index (Phi) is 2.32. The Hall–Kier alpha value is -1.10. The Bertz CT molecular complexity index is 338. The lowest BCUT2D eigenvalue weighted by Crippen LogP contribution is -2.05. The average molecular weight is 231 g/mol. The SMILES string of the molecule is Cc1nc(N)c(C(=O)O)cc1Br. The van der Waals surface area contributed by atoms with Crippen molar-refractivity contribution >= 4 is 27.7 Å². The maximum Gasteiger partial charge on any atom is 0.339 e. The summed E-state index contributed by atoms with van der Waals surface area (Å²) in [5.74, 6) is -1.02. The van der Waals surface area contributed by atoms with E-state index in [0.717, 1.165) is 0 Å². The van der Waals surface area contributed by atoms with Crippen LogP contribution in [-0.2, 0) is 0 Å². The second kappa shape index (κ2) is 3.10. The number of nitrogen functional groups attached to an aromatic ring is 1. The minimum Gasteiger partial charge on any atom is -0.478 e. The van der Waals surface area contributed by atoms with E-state index in [1.54, 1.807) is 6.92 Å². The number of carboxylic acids is 1. The van der Waals surface area contributed by atoms with Crippen molar-refractivity contribution in [3.05, 3.63) is 21.8 Å². The number of pyridine rings is 1. The smallest absolute Gasteiger partial charge is 0.339 e. The van der Waals surface area contributed by atoms with Gasteiger partial charge in [-0.3, -0.25) is 0 Å². The van der Waals surface area contributed by atoms with Crippen molar-refractivity contribution in [2.45, 2.75) is 6.92 Å². The van der Waals surface area contributed by atoms with E-state index in [0.29, 0.717) is 10.2 Å². The van der Waals surface area contributed by atoms with Gasteiger partial charge in [-0.25, -0.2) is 9.78 Å². The lowest BCUT2D eigenvalue weighted by atomic mass is 10.2. The number of carbonyl (C=O) groups is 1. The second-order valence-corrected chi connectivity index (χ2v) is 3.15. The van der Waals surface area contributed by atoms with Crippen LogP contribution in [0.15, 0.2) is 10.5 Å². The molecule has 12 heavy (non-hydrogen) atoms. The number of anilines is 1. The molecule has 3 N–H and O–H groups in total. The molecule has 0 aromatic carbocycles. The van der Waals surface area contributed by atoms with Gasteiger partial charge in [-0.2, -0.15) is 0 Å². The molecule has 0 fully saturated rings. The van der Waals surface area contributed by atoms with E-state index in [-0.39, 0.29) is 11.4 Å². The first-order valence-corrected chi connectivity index (χ1v) is 3.97. The number of rotatable bonds is 1. The summed E-state index contributed by atoms with van der Waals surface area (Å²) in [4.78, 5) is 14.4. The molecule has 0 aliphatic rings. The highest BCUT2D eigenvalue weighted by atomic mass is 79.9. The normalized spacial score (nSPS) is 9.83. The number of hydrogen-bond donors (Lipinski definition) is 2. The highest BCUT2D eigenvalue weighted by Gasteiger charge is 2.10. The molecule has 1 aromatic heterocycles. The molecule has 0 spiro atoms. The topological polar surface area (TPSA) is 76.2 Å². The van der Waals surface area contributed by atoms with Gasteiger partial charge in [-0.05, 0) is 28.9 Å². The van der Waals surface area contributed by atoms with E-state index in [9.17, 15) is 4.79 Å². The molecule has 0 atom stereocenters. The third-order valence-corrected chi connectivity index (χ3v) is 2.21.